The molecule has 0 N–H and O–H groups in total. The highest BCUT2D eigenvalue weighted by Crippen LogP contribution is 2.41. The highest BCUT2D eigenvalue weighted by Gasteiger charge is 2.26. The van der Waals surface area contributed by atoms with Crippen molar-refractivity contribution in [1.82, 2.24) is 15.0 Å². The third-order valence-electron chi connectivity index (χ3n) is 14.8. The van der Waals surface area contributed by atoms with E-state index in [2.05, 4.69) is 107 Å². The number of aromatic nitrogens is 3. The monoisotopic (exact) mass is 930 g/mol. The maximum absolute atomic E-state index is 10.2. The van der Waals surface area contributed by atoms with Gasteiger partial charge < -0.3 is 4.42 Å². The SMILES string of the molecule is [2H]C([2H])(c1cc(CC(C)(C)c2ccc(-c3ccccc3)nc2)cc(CC(C)(C)c2ccc(-c3ccccc3)nc2)c1)C([2H])([2H])c1cnc(-c2ccccc2)cc1-c1cccc2c1oc1cc(C3CCCCC3)ccc12. The van der Waals surface area contributed by atoms with E-state index in [4.69, 9.17) is 19.4 Å². The summed E-state index contributed by atoms with van der Waals surface area (Å²) < 4.78 is 47.6. The standard InChI is InChI=1S/C67H63N3O/c1-66(2,55-31-34-61(69-44-55)50-20-11-6-12-21-50)41-47-36-46(37-48(38-47)42-67(3,4)56-32-35-62(70-45-56)51-22-13-7-14-23-51)28-29-54-43-68-63(52-24-15-8-16-25-52)40-60(54)59-27-17-26-58-57-33-30-53(39-64(57)71-65(58)59)49-18-9-5-10-19-49/h6-8,11-17,20-27,30-40,43-45,49H,5,9-10,18-19,28-29,41-42H2,1-4H3/i28D2,29D2. The summed E-state index contributed by atoms with van der Waals surface area (Å²) in [6.45, 7) is 8.77. The van der Waals surface area contributed by atoms with Gasteiger partial charge in [-0.05, 0) is 124 Å². The number of para-hydroxylation sites is 1. The predicted octanol–water partition coefficient (Wildman–Crippen LogP) is 17.3. The predicted molar refractivity (Wildman–Crippen MR) is 295 cm³/mol. The molecule has 4 heterocycles. The third kappa shape index (κ3) is 9.99. The van der Waals surface area contributed by atoms with Crippen molar-refractivity contribution in [2.75, 3.05) is 0 Å². The number of rotatable bonds is 14. The molecule has 1 aliphatic carbocycles. The quantitative estimate of drug-likeness (QED) is 0.109. The number of fused-ring (bicyclic) bond motifs is 3. The van der Waals surface area contributed by atoms with Gasteiger partial charge in [-0.3, -0.25) is 15.0 Å². The number of pyridine rings is 3. The molecular weight excluding hydrogens is 863 g/mol. The van der Waals surface area contributed by atoms with Crippen molar-refractivity contribution in [3.8, 4) is 44.9 Å². The van der Waals surface area contributed by atoms with Crippen molar-refractivity contribution in [2.24, 2.45) is 0 Å². The Labute approximate surface area is 425 Å². The summed E-state index contributed by atoms with van der Waals surface area (Å²) in [5, 5.41) is 1.94. The van der Waals surface area contributed by atoms with Crippen molar-refractivity contribution in [1.29, 1.82) is 0 Å². The van der Waals surface area contributed by atoms with Crippen LogP contribution in [0.3, 0.4) is 0 Å². The van der Waals surface area contributed by atoms with Crippen LogP contribution in [0.4, 0.5) is 0 Å². The van der Waals surface area contributed by atoms with Gasteiger partial charge in [-0.1, -0.05) is 199 Å². The minimum Gasteiger partial charge on any atom is -0.455 e. The second-order valence-corrected chi connectivity index (χ2v) is 20.9. The van der Waals surface area contributed by atoms with E-state index in [0.29, 0.717) is 41.2 Å². The zero-order valence-corrected chi connectivity index (χ0v) is 41.3. The molecular formula is C67H63N3O. The molecule has 4 nitrogen and oxygen atoms in total. The first kappa shape index (κ1) is 41.4. The first-order valence-electron chi connectivity index (χ1n) is 27.3. The lowest BCUT2D eigenvalue weighted by molar-refractivity contribution is 0.443. The number of aryl methyl sites for hydroxylation is 2. The van der Waals surface area contributed by atoms with Crippen LogP contribution in [0, 0.1) is 0 Å². The molecule has 0 aliphatic heterocycles. The van der Waals surface area contributed by atoms with Gasteiger partial charge in [-0.2, -0.15) is 0 Å². The smallest absolute Gasteiger partial charge is 0.143 e. The van der Waals surface area contributed by atoms with E-state index in [1.165, 1.54) is 37.7 Å². The lowest BCUT2D eigenvalue weighted by Gasteiger charge is -2.28. The van der Waals surface area contributed by atoms with Gasteiger partial charge in [0.2, 0.25) is 0 Å². The Morgan fingerprint density at radius 3 is 1.59 bits per heavy atom. The van der Waals surface area contributed by atoms with Gasteiger partial charge in [0.25, 0.3) is 0 Å². The molecule has 0 radical (unpaired) electrons. The van der Waals surface area contributed by atoms with Crippen molar-refractivity contribution in [3.05, 3.63) is 233 Å². The third-order valence-corrected chi connectivity index (χ3v) is 14.8. The second-order valence-electron chi connectivity index (χ2n) is 20.9. The Morgan fingerprint density at radius 1 is 0.479 bits per heavy atom. The molecule has 71 heavy (non-hydrogen) atoms. The summed E-state index contributed by atoms with van der Waals surface area (Å²) in [4.78, 5) is 14.7. The molecule has 4 heteroatoms. The van der Waals surface area contributed by atoms with Gasteiger partial charge in [0.15, 0.2) is 0 Å². The molecule has 0 spiro atoms. The Kier molecular flexibility index (Phi) is 11.5. The fourth-order valence-corrected chi connectivity index (χ4v) is 10.8. The van der Waals surface area contributed by atoms with Crippen LogP contribution in [0.25, 0.3) is 66.8 Å². The van der Waals surface area contributed by atoms with Crippen LogP contribution in [0.2, 0.25) is 0 Å². The lowest BCUT2D eigenvalue weighted by Crippen LogP contribution is -2.23. The average molecular weight is 930 g/mol. The summed E-state index contributed by atoms with van der Waals surface area (Å²) in [5.74, 6) is 0.508. The number of furan rings is 1. The number of benzene rings is 6. The fraction of sp³-hybridized carbons (Fsp3) is 0.239. The Bertz CT molecular complexity index is 3510. The van der Waals surface area contributed by atoms with E-state index in [-0.39, 0.29) is 11.1 Å². The van der Waals surface area contributed by atoms with E-state index in [9.17, 15) is 5.48 Å². The van der Waals surface area contributed by atoms with E-state index in [0.717, 1.165) is 66.7 Å². The molecule has 0 atom stereocenters. The van der Waals surface area contributed by atoms with Crippen LogP contribution in [-0.4, -0.2) is 15.0 Å². The fourth-order valence-electron chi connectivity index (χ4n) is 10.8. The van der Waals surface area contributed by atoms with Gasteiger partial charge >= 0.3 is 0 Å². The number of hydrogen-bond acceptors (Lipinski definition) is 4. The van der Waals surface area contributed by atoms with Gasteiger partial charge in [-0.25, -0.2) is 0 Å². The molecule has 4 aromatic heterocycles. The van der Waals surface area contributed by atoms with Crippen molar-refractivity contribution in [3.63, 3.8) is 0 Å². The van der Waals surface area contributed by atoms with Crippen molar-refractivity contribution in [2.45, 2.75) is 102 Å². The lowest BCUT2D eigenvalue weighted by atomic mass is 9.77. The molecule has 1 saturated carbocycles. The van der Waals surface area contributed by atoms with Crippen LogP contribution in [-0.2, 0) is 36.4 Å². The number of nitrogens with zero attached hydrogens (tertiary/aromatic N) is 3. The molecule has 352 valence electrons. The van der Waals surface area contributed by atoms with E-state index < -0.39 is 23.6 Å². The highest BCUT2D eigenvalue weighted by molar-refractivity contribution is 6.10. The topological polar surface area (TPSA) is 51.8 Å². The minimum absolute atomic E-state index is 0.143. The van der Waals surface area contributed by atoms with E-state index in [1.54, 1.807) is 6.20 Å². The van der Waals surface area contributed by atoms with Gasteiger partial charge in [0.1, 0.15) is 11.2 Å². The van der Waals surface area contributed by atoms with Gasteiger partial charge in [-0.15, -0.1) is 0 Å². The van der Waals surface area contributed by atoms with Gasteiger partial charge in [0.05, 0.1) is 17.1 Å². The van der Waals surface area contributed by atoms with Crippen LogP contribution >= 0.6 is 0 Å². The average Bonchev–Trinajstić information content (AvgIpc) is 3.82. The second kappa shape index (κ2) is 19.8. The van der Waals surface area contributed by atoms with Gasteiger partial charge in [0, 0.05) is 57.1 Å². The van der Waals surface area contributed by atoms with Crippen LogP contribution < -0.4 is 0 Å². The zero-order chi connectivity index (χ0) is 52.0. The molecule has 6 aromatic carbocycles. The Hall–Kier alpha value is -7.43. The van der Waals surface area contributed by atoms with Crippen LogP contribution in [0.5, 0.6) is 0 Å². The highest BCUT2D eigenvalue weighted by atomic mass is 16.3. The van der Waals surface area contributed by atoms with Crippen molar-refractivity contribution >= 4 is 21.9 Å². The van der Waals surface area contributed by atoms with Crippen LogP contribution in [0.1, 0.15) is 110 Å². The normalized spacial score (nSPS) is 14.8. The Morgan fingerprint density at radius 2 is 1.03 bits per heavy atom. The van der Waals surface area contributed by atoms with Crippen molar-refractivity contribution < 1.29 is 9.90 Å². The minimum atomic E-state index is -2.60. The van der Waals surface area contributed by atoms with E-state index >= 15 is 0 Å². The molecule has 0 unspecified atom stereocenters. The number of hydrogen-bond donors (Lipinski definition) is 0. The van der Waals surface area contributed by atoms with Crippen LogP contribution in [0.15, 0.2) is 199 Å². The molecule has 1 aliphatic rings. The first-order chi connectivity index (χ1) is 36.1. The summed E-state index contributed by atoms with van der Waals surface area (Å²) in [5.41, 5.74) is 12.9. The summed E-state index contributed by atoms with van der Waals surface area (Å²) >= 11 is 0. The summed E-state index contributed by atoms with van der Waals surface area (Å²) in [6.07, 6.45) is 7.54. The summed E-state index contributed by atoms with van der Waals surface area (Å²) in [7, 11) is 0. The first-order valence-corrected chi connectivity index (χ1v) is 25.3. The summed E-state index contributed by atoms with van der Waals surface area (Å²) in [6, 6.07) is 59.1. The molecule has 10 aromatic rings. The largest absolute Gasteiger partial charge is 0.455 e. The zero-order valence-electron chi connectivity index (χ0n) is 45.3. The molecule has 1 fully saturated rings. The molecule has 11 rings (SSSR count). The maximum Gasteiger partial charge on any atom is 0.143 e. The molecule has 0 amide bonds. The molecule has 0 bridgehead atoms. The molecule has 0 saturated heterocycles. The Balaban J connectivity index is 1.01. The maximum atomic E-state index is 10.2. The van der Waals surface area contributed by atoms with E-state index in [1.807, 2.05) is 109 Å².